The highest BCUT2D eigenvalue weighted by Crippen LogP contribution is 2.41. The molecule has 0 atom stereocenters. The topological polar surface area (TPSA) is 144 Å². The van der Waals surface area contributed by atoms with Crippen LogP contribution >= 0.6 is 15.9 Å². The molecule has 0 aliphatic rings. The van der Waals surface area contributed by atoms with Gasteiger partial charge in [0, 0.05) is 34.0 Å². The number of rotatable bonds is 7. The number of fused-ring (bicyclic) bond motifs is 1. The van der Waals surface area contributed by atoms with Gasteiger partial charge in [0.05, 0.1) is 31.6 Å². The lowest BCUT2D eigenvalue weighted by Gasteiger charge is -2.15. The van der Waals surface area contributed by atoms with Crippen LogP contribution in [0.25, 0.3) is 28.1 Å². The van der Waals surface area contributed by atoms with Crippen molar-refractivity contribution in [3.05, 3.63) is 41.4 Å². The maximum atomic E-state index is 12.9. The van der Waals surface area contributed by atoms with Crippen LogP contribution in [0.4, 0.5) is 8.78 Å². The van der Waals surface area contributed by atoms with Crippen LogP contribution in [0.1, 0.15) is 0 Å². The molecule has 0 saturated carbocycles. The number of alkyl halides is 2. The third-order valence-electron chi connectivity index (χ3n) is 4.61. The van der Waals surface area contributed by atoms with Crippen LogP contribution in [0.2, 0.25) is 0 Å². The zero-order valence-electron chi connectivity index (χ0n) is 17.4. The molecule has 0 amide bonds. The molecule has 3 aromatic heterocycles. The van der Waals surface area contributed by atoms with E-state index in [0.717, 1.165) is 0 Å². The van der Waals surface area contributed by atoms with Crippen LogP contribution in [0, 0.1) is 0 Å². The van der Waals surface area contributed by atoms with Crippen LogP contribution in [-0.2, 0) is 10.0 Å². The minimum absolute atomic E-state index is 0.168. The number of nitrogens with zero attached hydrogens (tertiary/aromatic N) is 5. The molecule has 0 fully saturated rings. The number of methoxy groups -OCH3 is 2. The Balaban J connectivity index is 2.12. The number of hydrogen-bond donors (Lipinski definition) is 1. The maximum Gasteiger partial charge on any atom is 0.387 e. The Hall–Kier alpha value is -3.43. The minimum atomic E-state index is -4.20. The molecule has 1 aromatic carbocycles. The smallest absolute Gasteiger partial charge is 0.387 e. The third-order valence-corrected chi connectivity index (χ3v) is 6.21. The molecule has 4 rings (SSSR count). The first kappa shape index (κ1) is 23.7. The summed E-state index contributed by atoms with van der Waals surface area (Å²) in [6.45, 7) is -3.20. The molecule has 0 bridgehead atoms. The number of benzene rings is 1. The Bertz CT molecular complexity index is 1460. The molecular formula is C19H15BrF2N6O5S. The maximum absolute atomic E-state index is 12.9. The Morgan fingerprint density at radius 3 is 2.32 bits per heavy atom. The molecule has 178 valence electrons. The lowest BCUT2D eigenvalue weighted by atomic mass is 10.1. The molecule has 34 heavy (non-hydrogen) atoms. The second-order valence-electron chi connectivity index (χ2n) is 6.57. The number of sulfonamides is 1. The van der Waals surface area contributed by atoms with E-state index in [1.165, 1.54) is 49.6 Å². The van der Waals surface area contributed by atoms with E-state index in [9.17, 15) is 17.2 Å². The molecule has 0 saturated heterocycles. The van der Waals surface area contributed by atoms with Gasteiger partial charge in [0.25, 0.3) is 11.8 Å². The fourth-order valence-electron chi connectivity index (χ4n) is 3.30. The van der Waals surface area contributed by atoms with Crippen molar-refractivity contribution in [3.8, 4) is 34.7 Å². The van der Waals surface area contributed by atoms with Gasteiger partial charge in [0.2, 0.25) is 21.7 Å². The SMILES string of the molecule is COc1nc(-n2cc(S(N)(=O)=O)c3ccc(Br)c(-c4cnccn4)c32)nc(OC)c1OC(F)F. The van der Waals surface area contributed by atoms with E-state index >= 15 is 0 Å². The monoisotopic (exact) mass is 556 g/mol. The van der Waals surface area contributed by atoms with E-state index in [-0.39, 0.29) is 28.0 Å². The normalized spacial score (nSPS) is 11.7. The molecule has 0 unspecified atom stereocenters. The molecule has 4 aromatic rings. The van der Waals surface area contributed by atoms with Gasteiger partial charge in [-0.25, -0.2) is 13.6 Å². The van der Waals surface area contributed by atoms with Gasteiger partial charge in [-0.2, -0.15) is 18.7 Å². The first-order valence-electron chi connectivity index (χ1n) is 9.23. The molecule has 15 heteroatoms. The predicted octanol–water partition coefficient (Wildman–Crippen LogP) is 2.91. The molecule has 0 aliphatic carbocycles. The number of hydrogen-bond acceptors (Lipinski definition) is 9. The first-order chi connectivity index (χ1) is 16.2. The van der Waals surface area contributed by atoms with Crippen molar-refractivity contribution >= 4 is 36.9 Å². The summed E-state index contributed by atoms with van der Waals surface area (Å²) in [4.78, 5) is 16.4. The van der Waals surface area contributed by atoms with Crippen molar-refractivity contribution in [2.24, 2.45) is 5.14 Å². The standard InChI is InChI=1S/C19H15BrF2N6O5S/c1-31-16-15(33-18(21)22)17(32-2)27-19(26-16)28-8-12(34(23,29)30)9-3-4-10(20)13(14(9)28)11-7-24-5-6-25-11/h3-8,18H,1-2H3,(H2,23,29,30). The summed E-state index contributed by atoms with van der Waals surface area (Å²) in [6.07, 6.45) is 5.63. The summed E-state index contributed by atoms with van der Waals surface area (Å²) in [5.74, 6) is -1.42. The van der Waals surface area contributed by atoms with Crippen molar-refractivity contribution in [1.82, 2.24) is 24.5 Å². The van der Waals surface area contributed by atoms with Crippen LogP contribution in [-0.4, -0.2) is 53.8 Å². The van der Waals surface area contributed by atoms with Gasteiger partial charge < -0.3 is 14.2 Å². The molecular weight excluding hydrogens is 542 g/mol. The molecule has 2 N–H and O–H groups in total. The lowest BCUT2D eigenvalue weighted by molar-refractivity contribution is -0.0534. The average molecular weight is 557 g/mol. The zero-order valence-corrected chi connectivity index (χ0v) is 19.8. The van der Waals surface area contributed by atoms with Crippen molar-refractivity contribution in [3.63, 3.8) is 0 Å². The lowest BCUT2D eigenvalue weighted by Crippen LogP contribution is -2.12. The summed E-state index contributed by atoms with van der Waals surface area (Å²) in [5, 5.41) is 5.69. The van der Waals surface area contributed by atoms with Crippen LogP contribution in [0.5, 0.6) is 17.5 Å². The van der Waals surface area contributed by atoms with Crippen molar-refractivity contribution in [2.75, 3.05) is 14.2 Å². The van der Waals surface area contributed by atoms with E-state index in [2.05, 4.69) is 40.6 Å². The van der Waals surface area contributed by atoms with Gasteiger partial charge >= 0.3 is 6.61 Å². The fraction of sp³-hybridized carbons (Fsp3) is 0.158. The molecule has 0 aliphatic heterocycles. The largest absolute Gasteiger partial charge is 0.478 e. The minimum Gasteiger partial charge on any atom is -0.478 e. The molecule has 0 radical (unpaired) electrons. The van der Waals surface area contributed by atoms with Crippen LogP contribution in [0.3, 0.4) is 0 Å². The highest BCUT2D eigenvalue weighted by molar-refractivity contribution is 9.10. The molecule has 0 spiro atoms. The average Bonchev–Trinajstić information content (AvgIpc) is 3.19. The van der Waals surface area contributed by atoms with Gasteiger partial charge in [-0.3, -0.25) is 14.5 Å². The second kappa shape index (κ2) is 9.08. The van der Waals surface area contributed by atoms with Gasteiger partial charge in [-0.1, -0.05) is 22.0 Å². The van der Waals surface area contributed by atoms with E-state index in [1.54, 1.807) is 6.07 Å². The van der Waals surface area contributed by atoms with Gasteiger partial charge in [-0.15, -0.1) is 0 Å². The molecule has 11 nitrogen and oxygen atoms in total. The summed E-state index contributed by atoms with van der Waals surface area (Å²) in [5.41, 5.74) is 1.15. The Morgan fingerprint density at radius 1 is 1.12 bits per heavy atom. The fourth-order valence-corrected chi connectivity index (χ4v) is 4.54. The first-order valence-corrected chi connectivity index (χ1v) is 11.6. The van der Waals surface area contributed by atoms with Crippen LogP contribution in [0.15, 0.2) is 46.3 Å². The molecule has 3 heterocycles. The highest BCUT2D eigenvalue weighted by atomic mass is 79.9. The zero-order chi connectivity index (χ0) is 24.6. The Kier molecular flexibility index (Phi) is 6.33. The van der Waals surface area contributed by atoms with Crippen molar-refractivity contribution < 1.29 is 31.4 Å². The second-order valence-corrected chi connectivity index (χ2v) is 8.95. The van der Waals surface area contributed by atoms with Gasteiger partial charge in [0.15, 0.2) is 0 Å². The number of nitrogens with two attached hydrogens (primary N) is 1. The summed E-state index contributed by atoms with van der Waals surface area (Å²) in [6, 6.07) is 3.17. The number of primary sulfonamides is 1. The third kappa shape index (κ3) is 4.24. The summed E-state index contributed by atoms with van der Waals surface area (Å²) < 4.78 is 67.1. The van der Waals surface area contributed by atoms with E-state index in [4.69, 9.17) is 14.6 Å². The number of halogens is 3. The summed E-state index contributed by atoms with van der Waals surface area (Å²) in [7, 11) is -1.82. The Morgan fingerprint density at radius 2 is 1.79 bits per heavy atom. The number of aromatic nitrogens is 5. The predicted molar refractivity (Wildman–Crippen MR) is 119 cm³/mol. The van der Waals surface area contributed by atoms with E-state index in [0.29, 0.717) is 21.2 Å². The number of ether oxygens (including phenoxy) is 3. The van der Waals surface area contributed by atoms with Crippen LogP contribution < -0.4 is 19.3 Å². The van der Waals surface area contributed by atoms with Crippen molar-refractivity contribution in [1.29, 1.82) is 0 Å². The highest BCUT2D eigenvalue weighted by Gasteiger charge is 2.27. The Labute approximate surface area is 199 Å². The van der Waals surface area contributed by atoms with Gasteiger partial charge in [0.1, 0.15) is 4.90 Å². The van der Waals surface area contributed by atoms with E-state index in [1.807, 2.05) is 0 Å². The van der Waals surface area contributed by atoms with E-state index < -0.39 is 22.4 Å². The quantitative estimate of drug-likeness (QED) is 0.363. The van der Waals surface area contributed by atoms with Crippen molar-refractivity contribution in [2.45, 2.75) is 11.5 Å². The van der Waals surface area contributed by atoms with Gasteiger partial charge in [-0.05, 0) is 6.07 Å². The summed E-state index contributed by atoms with van der Waals surface area (Å²) >= 11 is 3.46.